The Balaban J connectivity index is 1.38. The molecule has 5 rings (SSSR count). The van der Waals surface area contributed by atoms with E-state index in [9.17, 15) is 9.18 Å². The summed E-state index contributed by atoms with van der Waals surface area (Å²) in [6.07, 6.45) is 1.86. The molecular formula is C29H22FN3O3. The molecule has 0 spiro atoms. The summed E-state index contributed by atoms with van der Waals surface area (Å²) in [4.78, 5) is 11.2. The van der Waals surface area contributed by atoms with Crippen LogP contribution in [0.1, 0.15) is 15.9 Å². The number of aromatic nitrogens is 2. The number of para-hydroxylation sites is 1. The minimum atomic E-state index is -0.993. The van der Waals surface area contributed by atoms with Gasteiger partial charge in [0.15, 0.2) is 0 Å². The molecule has 0 amide bonds. The molecule has 36 heavy (non-hydrogen) atoms. The standard InChI is InChI=1S/C29H22FN3O3/c30-23-6-4-5-21(17-23)28-22(19-33(32-28)25-13-9-20(10-14-25)29(34)35)18-31-24-11-15-27(16-12-24)36-26-7-2-1-3-8-26/h1-17,19,31H,18H2,(H,34,35). The number of carboxylic acid groups (broad SMARTS) is 1. The van der Waals surface area contributed by atoms with Gasteiger partial charge in [-0.05, 0) is 72.8 Å². The highest BCUT2D eigenvalue weighted by Crippen LogP contribution is 2.27. The van der Waals surface area contributed by atoms with Crippen molar-refractivity contribution in [2.24, 2.45) is 0 Å². The molecule has 0 radical (unpaired) electrons. The molecule has 0 bridgehead atoms. The summed E-state index contributed by atoms with van der Waals surface area (Å²) in [7, 11) is 0. The van der Waals surface area contributed by atoms with Crippen molar-refractivity contribution < 1.29 is 19.0 Å². The Morgan fingerprint density at radius 2 is 1.61 bits per heavy atom. The quantitative estimate of drug-likeness (QED) is 0.257. The molecule has 2 N–H and O–H groups in total. The first-order chi connectivity index (χ1) is 17.5. The second-order valence-electron chi connectivity index (χ2n) is 8.10. The summed E-state index contributed by atoms with van der Waals surface area (Å²) < 4.78 is 21.5. The number of hydrogen-bond acceptors (Lipinski definition) is 4. The van der Waals surface area contributed by atoms with Crippen molar-refractivity contribution in [3.63, 3.8) is 0 Å². The minimum absolute atomic E-state index is 0.192. The topological polar surface area (TPSA) is 76.4 Å². The molecule has 1 aromatic heterocycles. The van der Waals surface area contributed by atoms with E-state index in [1.165, 1.54) is 24.3 Å². The van der Waals surface area contributed by atoms with E-state index in [-0.39, 0.29) is 11.4 Å². The summed E-state index contributed by atoms with van der Waals surface area (Å²) in [5, 5.41) is 17.2. The fourth-order valence-corrected chi connectivity index (χ4v) is 3.77. The van der Waals surface area contributed by atoms with Crippen molar-refractivity contribution in [3.05, 3.63) is 126 Å². The first-order valence-corrected chi connectivity index (χ1v) is 11.3. The highest BCUT2D eigenvalue weighted by molar-refractivity contribution is 5.87. The number of aromatic carboxylic acids is 1. The molecule has 0 saturated heterocycles. The van der Waals surface area contributed by atoms with Crippen LogP contribution in [0.3, 0.4) is 0 Å². The van der Waals surface area contributed by atoms with Crippen molar-refractivity contribution in [1.82, 2.24) is 9.78 Å². The number of benzene rings is 4. The van der Waals surface area contributed by atoms with Gasteiger partial charge in [0.05, 0.1) is 16.9 Å². The maximum Gasteiger partial charge on any atom is 0.335 e. The third-order valence-corrected chi connectivity index (χ3v) is 5.58. The van der Waals surface area contributed by atoms with E-state index in [0.29, 0.717) is 23.5 Å². The molecule has 0 fully saturated rings. The van der Waals surface area contributed by atoms with E-state index in [2.05, 4.69) is 10.4 Å². The number of nitrogens with zero attached hydrogens (tertiary/aromatic N) is 2. The van der Waals surface area contributed by atoms with E-state index in [4.69, 9.17) is 9.84 Å². The van der Waals surface area contributed by atoms with Crippen LogP contribution in [-0.2, 0) is 6.54 Å². The molecule has 178 valence electrons. The molecule has 0 aliphatic carbocycles. The summed E-state index contributed by atoms with van der Waals surface area (Å²) in [5.74, 6) is 0.153. The number of anilines is 1. The van der Waals surface area contributed by atoms with Gasteiger partial charge in [-0.25, -0.2) is 13.9 Å². The predicted octanol–water partition coefficient (Wildman–Crippen LogP) is 6.78. The number of ether oxygens (including phenoxy) is 1. The Hall–Kier alpha value is -4.91. The number of carbonyl (C=O) groups is 1. The van der Waals surface area contributed by atoms with E-state index in [1.54, 1.807) is 22.9 Å². The molecule has 1 heterocycles. The lowest BCUT2D eigenvalue weighted by Gasteiger charge is -2.09. The lowest BCUT2D eigenvalue weighted by atomic mass is 10.1. The Labute approximate surface area is 207 Å². The van der Waals surface area contributed by atoms with Gasteiger partial charge >= 0.3 is 5.97 Å². The zero-order chi connectivity index (χ0) is 24.9. The van der Waals surface area contributed by atoms with Gasteiger partial charge in [0.2, 0.25) is 0 Å². The first kappa shape index (κ1) is 22.9. The zero-order valence-corrected chi connectivity index (χ0v) is 19.1. The molecule has 0 saturated carbocycles. The zero-order valence-electron chi connectivity index (χ0n) is 19.1. The number of rotatable bonds is 8. The minimum Gasteiger partial charge on any atom is -0.478 e. The molecule has 0 unspecified atom stereocenters. The average Bonchev–Trinajstić information content (AvgIpc) is 3.33. The van der Waals surface area contributed by atoms with E-state index in [0.717, 1.165) is 22.7 Å². The Morgan fingerprint density at radius 1 is 0.889 bits per heavy atom. The third-order valence-electron chi connectivity index (χ3n) is 5.58. The SMILES string of the molecule is O=C(O)c1ccc(-n2cc(CNc3ccc(Oc4ccccc4)cc3)c(-c3cccc(F)c3)n2)cc1. The molecule has 4 aromatic carbocycles. The fourth-order valence-electron chi connectivity index (χ4n) is 3.77. The highest BCUT2D eigenvalue weighted by Gasteiger charge is 2.14. The number of halogens is 1. The van der Waals surface area contributed by atoms with Crippen LogP contribution in [0.5, 0.6) is 11.5 Å². The lowest BCUT2D eigenvalue weighted by molar-refractivity contribution is 0.0697. The molecule has 0 aliphatic heterocycles. The molecule has 0 atom stereocenters. The molecule has 7 heteroatoms. The van der Waals surface area contributed by atoms with E-state index in [1.807, 2.05) is 66.9 Å². The van der Waals surface area contributed by atoms with Gasteiger partial charge < -0.3 is 15.2 Å². The van der Waals surface area contributed by atoms with Crippen LogP contribution in [0.4, 0.5) is 10.1 Å². The van der Waals surface area contributed by atoms with Gasteiger partial charge in [0.25, 0.3) is 0 Å². The van der Waals surface area contributed by atoms with Crippen LogP contribution in [0, 0.1) is 5.82 Å². The number of carboxylic acids is 1. The predicted molar refractivity (Wildman–Crippen MR) is 136 cm³/mol. The lowest BCUT2D eigenvalue weighted by Crippen LogP contribution is -2.00. The summed E-state index contributed by atoms with van der Waals surface area (Å²) in [6.45, 7) is 0.442. The fraction of sp³-hybridized carbons (Fsp3) is 0.0345. The van der Waals surface area contributed by atoms with Gasteiger partial charge in [-0.2, -0.15) is 5.10 Å². The second kappa shape index (κ2) is 10.1. The van der Waals surface area contributed by atoms with Crippen LogP contribution in [0.15, 0.2) is 109 Å². The maximum atomic E-state index is 14.0. The van der Waals surface area contributed by atoms with Crippen molar-refractivity contribution in [1.29, 1.82) is 0 Å². The third kappa shape index (κ3) is 5.26. The van der Waals surface area contributed by atoms with Crippen LogP contribution in [0.25, 0.3) is 16.9 Å². The molecule has 6 nitrogen and oxygen atoms in total. The van der Waals surface area contributed by atoms with Gasteiger partial charge in [-0.15, -0.1) is 0 Å². The van der Waals surface area contributed by atoms with Crippen molar-refractivity contribution in [2.45, 2.75) is 6.54 Å². The number of nitrogens with one attached hydrogen (secondary N) is 1. The largest absolute Gasteiger partial charge is 0.478 e. The number of hydrogen-bond donors (Lipinski definition) is 2. The van der Waals surface area contributed by atoms with Crippen LogP contribution < -0.4 is 10.1 Å². The highest BCUT2D eigenvalue weighted by atomic mass is 19.1. The van der Waals surface area contributed by atoms with E-state index < -0.39 is 5.97 Å². The Kier molecular flexibility index (Phi) is 6.44. The maximum absolute atomic E-state index is 14.0. The van der Waals surface area contributed by atoms with Gasteiger partial charge in [0, 0.05) is 29.6 Å². The van der Waals surface area contributed by atoms with Gasteiger partial charge in [-0.1, -0.05) is 30.3 Å². The first-order valence-electron chi connectivity index (χ1n) is 11.3. The second-order valence-corrected chi connectivity index (χ2v) is 8.10. The van der Waals surface area contributed by atoms with Crippen molar-refractivity contribution in [3.8, 4) is 28.4 Å². The van der Waals surface area contributed by atoms with Gasteiger partial charge in [0.1, 0.15) is 17.3 Å². The summed E-state index contributed by atoms with van der Waals surface area (Å²) >= 11 is 0. The summed E-state index contributed by atoms with van der Waals surface area (Å²) in [6, 6.07) is 29.9. The molecule has 5 aromatic rings. The van der Waals surface area contributed by atoms with Crippen LogP contribution in [-0.4, -0.2) is 20.9 Å². The van der Waals surface area contributed by atoms with Gasteiger partial charge in [-0.3, -0.25) is 0 Å². The van der Waals surface area contributed by atoms with Crippen LogP contribution >= 0.6 is 0 Å². The normalized spacial score (nSPS) is 10.7. The van der Waals surface area contributed by atoms with E-state index >= 15 is 0 Å². The average molecular weight is 480 g/mol. The Morgan fingerprint density at radius 3 is 2.31 bits per heavy atom. The van der Waals surface area contributed by atoms with Crippen LogP contribution in [0.2, 0.25) is 0 Å². The molecule has 0 aliphatic rings. The summed E-state index contributed by atoms with van der Waals surface area (Å²) in [5.41, 5.74) is 3.92. The monoisotopic (exact) mass is 479 g/mol. The Bertz CT molecular complexity index is 1480. The molecular weight excluding hydrogens is 457 g/mol. The van der Waals surface area contributed by atoms with Crippen molar-refractivity contribution >= 4 is 11.7 Å². The smallest absolute Gasteiger partial charge is 0.335 e. The van der Waals surface area contributed by atoms with Crippen molar-refractivity contribution in [2.75, 3.05) is 5.32 Å².